The predicted molar refractivity (Wildman–Crippen MR) is 58.9 cm³/mol. The van der Waals surface area contributed by atoms with Gasteiger partial charge in [0.15, 0.2) is 0 Å². The Morgan fingerprint density at radius 3 is 2.50 bits per heavy atom. The van der Waals surface area contributed by atoms with E-state index in [2.05, 4.69) is 9.97 Å². The highest BCUT2D eigenvalue weighted by Crippen LogP contribution is 2.30. The lowest BCUT2D eigenvalue weighted by atomic mass is 10.1. The lowest BCUT2D eigenvalue weighted by Gasteiger charge is -2.27. The van der Waals surface area contributed by atoms with Crippen molar-refractivity contribution in [3.63, 3.8) is 0 Å². The molecule has 0 saturated carbocycles. The van der Waals surface area contributed by atoms with Crippen molar-refractivity contribution in [1.82, 2.24) is 9.97 Å². The maximum Gasteiger partial charge on any atom is 0.412 e. The van der Waals surface area contributed by atoms with E-state index in [1.807, 2.05) is 0 Å². The molecule has 0 aliphatic carbocycles. The molecule has 0 radical (unpaired) electrons. The number of halogens is 3. The van der Waals surface area contributed by atoms with Crippen LogP contribution in [-0.2, 0) is 6.61 Å². The summed E-state index contributed by atoms with van der Waals surface area (Å²) >= 11 is 0. The second-order valence-electron chi connectivity index (χ2n) is 3.95. The second-order valence-corrected chi connectivity index (χ2v) is 3.95. The Balaban J connectivity index is 2.07. The zero-order chi connectivity index (χ0) is 13.2. The monoisotopic (exact) mass is 259 g/mol. The van der Waals surface area contributed by atoms with Gasteiger partial charge in [0.25, 0.3) is 0 Å². The van der Waals surface area contributed by atoms with Gasteiger partial charge in [-0.2, -0.15) is 13.2 Å². The fourth-order valence-corrected chi connectivity index (χ4v) is 1.73. The Bertz CT molecular complexity index is 442. The zero-order valence-corrected chi connectivity index (χ0v) is 9.48. The third-order valence-corrected chi connectivity index (χ3v) is 2.75. The lowest BCUT2D eigenvalue weighted by Crippen LogP contribution is -2.32. The summed E-state index contributed by atoms with van der Waals surface area (Å²) in [5.74, 6) is 0.518. The number of aliphatic hydroxyl groups excluding tert-OH is 1. The molecule has 98 valence electrons. The van der Waals surface area contributed by atoms with Gasteiger partial charge in [-0.05, 0) is 6.42 Å². The van der Waals surface area contributed by atoms with Gasteiger partial charge in [-0.15, -0.1) is 0 Å². The van der Waals surface area contributed by atoms with Crippen LogP contribution < -0.4 is 4.90 Å². The van der Waals surface area contributed by atoms with Crippen LogP contribution >= 0.6 is 0 Å². The minimum absolute atomic E-state index is 0.0487. The van der Waals surface area contributed by atoms with Crippen LogP contribution in [0.15, 0.2) is 24.0 Å². The molecule has 2 rings (SSSR count). The normalized spacial score (nSPS) is 16.7. The van der Waals surface area contributed by atoms with Gasteiger partial charge in [0.1, 0.15) is 5.82 Å². The largest absolute Gasteiger partial charge is 0.412 e. The Morgan fingerprint density at radius 1 is 1.28 bits per heavy atom. The summed E-state index contributed by atoms with van der Waals surface area (Å²) in [5.41, 5.74) is -0.0547. The van der Waals surface area contributed by atoms with E-state index in [-0.39, 0.29) is 26.1 Å². The maximum atomic E-state index is 12.4. The number of alkyl halides is 3. The molecule has 0 unspecified atom stereocenters. The molecule has 0 saturated heterocycles. The second kappa shape index (κ2) is 4.93. The Morgan fingerprint density at radius 2 is 2.06 bits per heavy atom. The van der Waals surface area contributed by atoms with Crippen LogP contribution in [0, 0.1) is 0 Å². The number of hydrogen-bond acceptors (Lipinski definition) is 4. The van der Waals surface area contributed by atoms with Crippen LogP contribution in [0.1, 0.15) is 12.1 Å². The van der Waals surface area contributed by atoms with Gasteiger partial charge in [0, 0.05) is 18.7 Å². The van der Waals surface area contributed by atoms with Crippen molar-refractivity contribution >= 4 is 5.82 Å². The maximum absolute atomic E-state index is 12.4. The minimum atomic E-state index is -4.24. The number of aromatic nitrogens is 2. The molecule has 0 spiro atoms. The molecule has 0 atom stereocenters. The number of nitrogens with zero attached hydrogens (tertiary/aromatic N) is 3. The Hall–Kier alpha value is -1.63. The van der Waals surface area contributed by atoms with Crippen molar-refractivity contribution in [1.29, 1.82) is 0 Å². The molecule has 1 aliphatic heterocycles. The smallest absolute Gasteiger partial charge is 0.390 e. The van der Waals surface area contributed by atoms with Gasteiger partial charge in [-0.25, -0.2) is 4.98 Å². The number of anilines is 1. The molecule has 2 heterocycles. The van der Waals surface area contributed by atoms with Crippen molar-refractivity contribution in [2.75, 3.05) is 18.0 Å². The summed E-state index contributed by atoms with van der Waals surface area (Å²) < 4.78 is 37.3. The fourth-order valence-electron chi connectivity index (χ4n) is 1.73. The molecule has 1 aromatic rings. The first-order valence-electron chi connectivity index (χ1n) is 5.43. The summed E-state index contributed by atoms with van der Waals surface area (Å²) in [6.07, 6.45) is -0.243. The first-order chi connectivity index (χ1) is 8.50. The Labute approximate surface area is 102 Å². The van der Waals surface area contributed by atoms with Gasteiger partial charge in [-0.1, -0.05) is 6.08 Å². The molecule has 0 amide bonds. The van der Waals surface area contributed by atoms with E-state index >= 15 is 0 Å². The molecule has 4 nitrogen and oxygen atoms in total. The van der Waals surface area contributed by atoms with Crippen molar-refractivity contribution in [2.45, 2.75) is 19.2 Å². The van der Waals surface area contributed by atoms with Gasteiger partial charge >= 0.3 is 6.18 Å². The standard InChI is InChI=1S/C11H12F3N3O/c12-11(13,14)8-1-3-17(4-2-8)10-6-15-9(7-18)5-16-10/h1,5-6,18H,2-4,7H2. The summed E-state index contributed by atoms with van der Waals surface area (Å²) in [7, 11) is 0. The van der Waals surface area contributed by atoms with Gasteiger partial charge in [0.2, 0.25) is 0 Å². The molecule has 0 bridgehead atoms. The molecule has 1 N–H and O–H groups in total. The first-order valence-corrected chi connectivity index (χ1v) is 5.43. The Kier molecular flexibility index (Phi) is 3.51. The average Bonchev–Trinajstić information content (AvgIpc) is 2.38. The highest BCUT2D eigenvalue weighted by Gasteiger charge is 2.34. The van der Waals surface area contributed by atoms with Crippen molar-refractivity contribution in [2.24, 2.45) is 0 Å². The van der Waals surface area contributed by atoms with E-state index in [9.17, 15) is 13.2 Å². The first kappa shape index (κ1) is 12.8. The molecular weight excluding hydrogens is 247 g/mol. The number of rotatable bonds is 2. The zero-order valence-electron chi connectivity index (χ0n) is 9.48. The third-order valence-electron chi connectivity index (χ3n) is 2.75. The van der Waals surface area contributed by atoms with Crippen LogP contribution in [0.2, 0.25) is 0 Å². The van der Waals surface area contributed by atoms with Crippen molar-refractivity contribution < 1.29 is 18.3 Å². The van der Waals surface area contributed by atoms with Crippen LogP contribution in [0.5, 0.6) is 0 Å². The van der Waals surface area contributed by atoms with E-state index in [0.29, 0.717) is 11.5 Å². The molecule has 0 fully saturated rings. The highest BCUT2D eigenvalue weighted by atomic mass is 19.4. The van der Waals surface area contributed by atoms with Gasteiger partial charge in [0.05, 0.1) is 24.7 Å². The van der Waals surface area contributed by atoms with E-state index in [4.69, 9.17) is 5.11 Å². The van der Waals surface area contributed by atoms with Gasteiger partial charge < -0.3 is 10.0 Å². The van der Waals surface area contributed by atoms with Crippen LogP contribution in [0.25, 0.3) is 0 Å². The molecule has 7 heteroatoms. The van der Waals surface area contributed by atoms with E-state index in [1.165, 1.54) is 18.5 Å². The van der Waals surface area contributed by atoms with E-state index in [1.54, 1.807) is 4.90 Å². The molecule has 18 heavy (non-hydrogen) atoms. The van der Waals surface area contributed by atoms with Crippen LogP contribution in [0.4, 0.5) is 19.0 Å². The number of aliphatic hydroxyl groups is 1. The SMILES string of the molecule is OCc1cnc(N2CC=C(C(F)(F)F)CC2)cn1. The molecule has 1 aromatic heterocycles. The summed E-state index contributed by atoms with van der Waals surface area (Å²) in [5, 5.41) is 8.81. The van der Waals surface area contributed by atoms with E-state index in [0.717, 1.165) is 0 Å². The number of hydrogen-bond donors (Lipinski definition) is 1. The quantitative estimate of drug-likeness (QED) is 0.821. The predicted octanol–water partition coefficient (Wildman–Crippen LogP) is 1.67. The lowest BCUT2D eigenvalue weighted by molar-refractivity contribution is -0.0944. The minimum Gasteiger partial charge on any atom is -0.390 e. The summed E-state index contributed by atoms with van der Waals surface area (Å²) in [6, 6.07) is 0. The molecule has 0 aromatic carbocycles. The van der Waals surface area contributed by atoms with Crippen LogP contribution in [0.3, 0.4) is 0 Å². The van der Waals surface area contributed by atoms with Crippen molar-refractivity contribution in [3.05, 3.63) is 29.7 Å². The van der Waals surface area contributed by atoms with E-state index < -0.39 is 11.7 Å². The third kappa shape index (κ3) is 2.79. The highest BCUT2D eigenvalue weighted by molar-refractivity contribution is 5.39. The van der Waals surface area contributed by atoms with Crippen molar-refractivity contribution in [3.8, 4) is 0 Å². The van der Waals surface area contributed by atoms with Gasteiger partial charge in [-0.3, -0.25) is 4.98 Å². The molecule has 1 aliphatic rings. The topological polar surface area (TPSA) is 49.3 Å². The van der Waals surface area contributed by atoms with Crippen LogP contribution in [-0.4, -0.2) is 34.3 Å². The summed E-state index contributed by atoms with van der Waals surface area (Å²) in [6.45, 7) is 0.228. The average molecular weight is 259 g/mol. The fraction of sp³-hybridized carbons (Fsp3) is 0.455. The summed E-state index contributed by atoms with van der Waals surface area (Å²) in [4.78, 5) is 9.71. The molecular formula is C11H12F3N3O.